The molecule has 19 heavy (non-hydrogen) atoms. The third kappa shape index (κ3) is 4.42. The van der Waals surface area contributed by atoms with Crippen LogP contribution in [-0.2, 0) is 0 Å². The minimum Gasteiger partial charge on any atom is -0.486 e. The first-order chi connectivity index (χ1) is 9.27. The van der Waals surface area contributed by atoms with Gasteiger partial charge in [0.15, 0.2) is 5.75 Å². The topological polar surface area (TPSA) is 52.4 Å². The van der Waals surface area contributed by atoms with Gasteiger partial charge >= 0.3 is 5.69 Å². The van der Waals surface area contributed by atoms with Crippen molar-refractivity contribution in [2.75, 3.05) is 12.4 Å². The van der Waals surface area contributed by atoms with E-state index in [0.717, 1.165) is 11.0 Å². The van der Waals surface area contributed by atoms with Gasteiger partial charge in [-0.3, -0.25) is 10.1 Å². The lowest BCUT2D eigenvalue weighted by molar-refractivity contribution is -0.385. The number of rotatable bonds is 6. The second-order valence-electron chi connectivity index (χ2n) is 4.70. The van der Waals surface area contributed by atoms with Crippen LogP contribution in [0.1, 0.15) is 32.1 Å². The minimum absolute atomic E-state index is 0.0465. The van der Waals surface area contributed by atoms with Crippen LogP contribution in [0.5, 0.6) is 5.75 Å². The fourth-order valence-electron chi connectivity index (χ4n) is 2.33. The molecule has 1 saturated carbocycles. The molecule has 0 aliphatic heterocycles. The van der Waals surface area contributed by atoms with E-state index in [4.69, 9.17) is 4.74 Å². The monoisotopic (exact) mass is 281 g/mol. The fourth-order valence-corrected chi connectivity index (χ4v) is 3.51. The molecule has 1 aliphatic carbocycles. The zero-order chi connectivity index (χ0) is 13.5. The fraction of sp³-hybridized carbons (Fsp3) is 0.571. The van der Waals surface area contributed by atoms with Gasteiger partial charge in [-0.15, -0.1) is 0 Å². The average molecular weight is 281 g/mol. The van der Waals surface area contributed by atoms with E-state index in [-0.39, 0.29) is 5.69 Å². The number of nitrogens with zero attached hydrogens (tertiary/aromatic N) is 1. The smallest absolute Gasteiger partial charge is 0.310 e. The first-order valence-corrected chi connectivity index (χ1v) is 7.80. The summed E-state index contributed by atoms with van der Waals surface area (Å²) in [6.45, 7) is 0.534. The number of nitro groups is 1. The Morgan fingerprint density at radius 2 is 2.00 bits per heavy atom. The third-order valence-electron chi connectivity index (χ3n) is 3.31. The van der Waals surface area contributed by atoms with Gasteiger partial charge in [0.2, 0.25) is 0 Å². The number of thioether (sulfide) groups is 1. The molecule has 4 nitrogen and oxygen atoms in total. The van der Waals surface area contributed by atoms with E-state index in [1.54, 1.807) is 18.2 Å². The highest BCUT2D eigenvalue weighted by Crippen LogP contribution is 2.29. The Bertz CT molecular complexity index is 419. The number of benzene rings is 1. The molecule has 0 bridgehead atoms. The molecule has 1 aromatic carbocycles. The van der Waals surface area contributed by atoms with E-state index in [1.807, 2.05) is 11.8 Å². The lowest BCUT2D eigenvalue weighted by Gasteiger charge is -2.20. The van der Waals surface area contributed by atoms with Crippen LogP contribution in [-0.4, -0.2) is 22.5 Å². The maximum Gasteiger partial charge on any atom is 0.310 e. The molecule has 0 heterocycles. The highest BCUT2D eigenvalue weighted by Gasteiger charge is 2.15. The van der Waals surface area contributed by atoms with Crippen molar-refractivity contribution < 1.29 is 9.66 Å². The van der Waals surface area contributed by atoms with Crippen LogP contribution in [0.25, 0.3) is 0 Å². The first kappa shape index (κ1) is 14.2. The molecule has 0 unspecified atom stereocenters. The molecule has 0 radical (unpaired) electrons. The number of ether oxygens (including phenoxy) is 1. The molecule has 0 aromatic heterocycles. The second kappa shape index (κ2) is 7.38. The van der Waals surface area contributed by atoms with Crippen LogP contribution in [0.2, 0.25) is 0 Å². The standard InChI is InChI=1S/C14H19NO3S/c16-15(17)13-8-4-5-9-14(13)18-10-11-19-12-6-2-1-3-7-12/h4-5,8-9,12H,1-3,6-7,10-11H2. The van der Waals surface area contributed by atoms with Crippen LogP contribution < -0.4 is 4.74 Å². The van der Waals surface area contributed by atoms with Crippen LogP contribution in [0, 0.1) is 10.1 Å². The van der Waals surface area contributed by atoms with E-state index in [9.17, 15) is 10.1 Å². The number of para-hydroxylation sites is 2. The second-order valence-corrected chi connectivity index (χ2v) is 6.11. The Balaban J connectivity index is 1.74. The van der Waals surface area contributed by atoms with Gasteiger partial charge in [-0.25, -0.2) is 0 Å². The molecular weight excluding hydrogens is 262 g/mol. The zero-order valence-corrected chi connectivity index (χ0v) is 11.7. The largest absolute Gasteiger partial charge is 0.486 e. The Hall–Kier alpha value is -1.23. The molecule has 0 atom stereocenters. The summed E-state index contributed by atoms with van der Waals surface area (Å²) >= 11 is 1.94. The van der Waals surface area contributed by atoms with E-state index >= 15 is 0 Å². The van der Waals surface area contributed by atoms with Crippen molar-refractivity contribution in [2.24, 2.45) is 0 Å². The van der Waals surface area contributed by atoms with Gasteiger partial charge in [0.25, 0.3) is 0 Å². The molecule has 1 fully saturated rings. The van der Waals surface area contributed by atoms with Gasteiger partial charge in [0.1, 0.15) is 0 Å². The van der Waals surface area contributed by atoms with Crippen LogP contribution in [0.15, 0.2) is 24.3 Å². The van der Waals surface area contributed by atoms with Crippen molar-refractivity contribution in [2.45, 2.75) is 37.4 Å². The first-order valence-electron chi connectivity index (χ1n) is 6.75. The zero-order valence-electron chi connectivity index (χ0n) is 10.9. The van der Waals surface area contributed by atoms with Gasteiger partial charge in [0.05, 0.1) is 11.5 Å². The average Bonchev–Trinajstić information content (AvgIpc) is 2.45. The normalized spacial score (nSPS) is 16.2. The van der Waals surface area contributed by atoms with Gasteiger partial charge in [-0.05, 0) is 18.9 Å². The predicted molar refractivity (Wildman–Crippen MR) is 77.9 cm³/mol. The molecule has 1 aromatic rings. The Morgan fingerprint density at radius 3 is 2.74 bits per heavy atom. The summed E-state index contributed by atoms with van der Waals surface area (Å²) < 4.78 is 5.53. The van der Waals surface area contributed by atoms with Crippen molar-refractivity contribution in [3.05, 3.63) is 34.4 Å². The number of hydrogen-bond acceptors (Lipinski definition) is 4. The summed E-state index contributed by atoms with van der Waals surface area (Å²) in [7, 11) is 0. The predicted octanol–water partition coefficient (Wildman–Crippen LogP) is 4.04. The van der Waals surface area contributed by atoms with Crippen LogP contribution in [0.3, 0.4) is 0 Å². The molecule has 0 N–H and O–H groups in total. The lowest BCUT2D eigenvalue weighted by Crippen LogP contribution is -2.11. The quantitative estimate of drug-likeness (QED) is 0.448. The van der Waals surface area contributed by atoms with E-state index in [2.05, 4.69) is 0 Å². The summed E-state index contributed by atoms with van der Waals surface area (Å²) in [5, 5.41) is 11.6. The van der Waals surface area contributed by atoms with Crippen LogP contribution >= 0.6 is 11.8 Å². The summed E-state index contributed by atoms with van der Waals surface area (Å²) in [5.41, 5.74) is 0.0465. The maximum atomic E-state index is 10.8. The minimum atomic E-state index is -0.399. The van der Waals surface area contributed by atoms with Gasteiger partial charge in [0, 0.05) is 17.1 Å². The molecule has 0 amide bonds. The molecule has 104 valence electrons. The number of hydrogen-bond donors (Lipinski definition) is 0. The van der Waals surface area contributed by atoms with Gasteiger partial charge < -0.3 is 4.74 Å². The lowest BCUT2D eigenvalue weighted by atomic mass is 10.0. The van der Waals surface area contributed by atoms with Crippen molar-refractivity contribution in [3.8, 4) is 5.75 Å². The van der Waals surface area contributed by atoms with Crippen molar-refractivity contribution in [1.82, 2.24) is 0 Å². The van der Waals surface area contributed by atoms with Gasteiger partial charge in [-0.2, -0.15) is 11.8 Å². The molecule has 1 aliphatic rings. The summed E-state index contributed by atoms with van der Waals surface area (Å²) in [6, 6.07) is 6.55. The Morgan fingerprint density at radius 1 is 1.26 bits per heavy atom. The molecular formula is C14H19NO3S. The van der Waals surface area contributed by atoms with E-state index < -0.39 is 4.92 Å². The van der Waals surface area contributed by atoms with Gasteiger partial charge in [-0.1, -0.05) is 31.4 Å². The van der Waals surface area contributed by atoms with Crippen molar-refractivity contribution in [3.63, 3.8) is 0 Å². The number of nitro benzene ring substituents is 1. The van der Waals surface area contributed by atoms with Crippen molar-refractivity contribution >= 4 is 17.4 Å². The van der Waals surface area contributed by atoms with Crippen LogP contribution in [0.4, 0.5) is 5.69 Å². The SMILES string of the molecule is O=[N+]([O-])c1ccccc1OCCSC1CCCCC1. The van der Waals surface area contributed by atoms with Crippen molar-refractivity contribution in [1.29, 1.82) is 0 Å². The third-order valence-corrected chi connectivity index (χ3v) is 4.65. The summed E-state index contributed by atoms with van der Waals surface area (Å²) in [4.78, 5) is 10.4. The molecule has 5 heteroatoms. The maximum absolute atomic E-state index is 10.8. The van der Waals surface area contributed by atoms with E-state index in [1.165, 1.54) is 38.2 Å². The Labute approximate surface area is 117 Å². The Kier molecular flexibility index (Phi) is 5.51. The highest BCUT2D eigenvalue weighted by molar-refractivity contribution is 7.99. The molecule has 2 rings (SSSR count). The summed E-state index contributed by atoms with van der Waals surface area (Å²) in [5.74, 6) is 1.27. The molecule has 0 saturated heterocycles. The van der Waals surface area contributed by atoms with E-state index in [0.29, 0.717) is 12.4 Å². The highest BCUT2D eigenvalue weighted by atomic mass is 32.2. The summed E-state index contributed by atoms with van der Waals surface area (Å²) in [6.07, 6.45) is 6.64. The molecule has 0 spiro atoms.